The van der Waals surface area contributed by atoms with Crippen LogP contribution in [-0.4, -0.2) is 110 Å². The maximum Gasteiger partial charge on any atom is 1.00 e. The number of pyridine rings is 4. The average Bonchev–Trinajstić information content (AvgIpc) is 4.48. The van der Waals surface area contributed by atoms with Crippen molar-refractivity contribution in [3.05, 3.63) is 148 Å². The Morgan fingerprint density at radius 2 is 0.884 bits per heavy atom. The van der Waals surface area contributed by atoms with E-state index in [1.165, 1.54) is 160 Å². The Labute approximate surface area is 547 Å². The minimum absolute atomic E-state index is 0. The van der Waals surface area contributed by atoms with Crippen molar-refractivity contribution in [2.24, 2.45) is 29.4 Å². The van der Waals surface area contributed by atoms with Crippen molar-refractivity contribution in [2.45, 2.75) is 179 Å². The second-order valence-corrected chi connectivity index (χ2v) is 23.0. The first-order chi connectivity index (χ1) is 41.1. The summed E-state index contributed by atoms with van der Waals surface area (Å²) in [4.78, 5) is 37.6. The number of carbonyl (C=O) groups is 2. The number of ether oxygens (including phenoxy) is 2. The second kappa shape index (κ2) is 50.6. The summed E-state index contributed by atoms with van der Waals surface area (Å²) in [6.45, 7) is 4.48. The predicted octanol–water partition coefficient (Wildman–Crippen LogP) is 10.5. The van der Waals surface area contributed by atoms with E-state index in [-0.39, 0.29) is 44.1 Å². The number of aldehydes is 2. The van der Waals surface area contributed by atoms with Crippen LogP contribution in [0.3, 0.4) is 0 Å². The molecule has 0 amide bonds. The fourth-order valence-electron chi connectivity index (χ4n) is 10.4. The first kappa shape index (κ1) is 77.9. The van der Waals surface area contributed by atoms with Gasteiger partial charge in [-0.25, -0.2) is 9.97 Å². The minimum atomic E-state index is -1.27. The molecule has 0 radical (unpaired) electrons. The molecule has 6 fully saturated rings. The van der Waals surface area contributed by atoms with Crippen molar-refractivity contribution < 1.29 is 59.6 Å². The Morgan fingerprint density at radius 1 is 0.535 bits per heavy atom. The molecule has 0 aromatic carbocycles. The van der Waals surface area contributed by atoms with Crippen molar-refractivity contribution in [1.82, 2.24) is 19.9 Å². The summed E-state index contributed by atoms with van der Waals surface area (Å²) < 4.78 is 10.6. The van der Waals surface area contributed by atoms with Crippen LogP contribution in [0.1, 0.15) is 230 Å². The van der Waals surface area contributed by atoms with Crippen LogP contribution in [0.5, 0.6) is 0 Å². The summed E-state index contributed by atoms with van der Waals surface area (Å²) in [5, 5.41) is 45.3. The van der Waals surface area contributed by atoms with Gasteiger partial charge in [0.1, 0.15) is 22.1 Å². The molecule has 464 valence electrons. The maximum atomic E-state index is 10.6. The van der Waals surface area contributed by atoms with Crippen molar-refractivity contribution in [2.75, 3.05) is 33.0 Å². The summed E-state index contributed by atoms with van der Waals surface area (Å²) in [6.07, 6.45) is 47.0. The Balaban J connectivity index is 0.000000526. The Morgan fingerprint density at radius 3 is 1.22 bits per heavy atom. The van der Waals surface area contributed by atoms with Crippen LogP contribution in [0.2, 0.25) is 0 Å². The molecule has 6 N–H and O–H groups in total. The molecular formula is C68H100AlBBrLiN6O8. The van der Waals surface area contributed by atoms with E-state index >= 15 is 0 Å². The molecule has 14 nitrogen and oxygen atoms in total. The number of aliphatic hydroxyl groups is 2. The van der Waals surface area contributed by atoms with E-state index < -0.39 is 19.3 Å². The number of aromatic nitrogens is 4. The number of allylic oxidation sites excluding steroid dienone is 4. The van der Waals surface area contributed by atoms with Crippen LogP contribution < -0.4 is 24.6 Å². The van der Waals surface area contributed by atoms with Crippen LogP contribution in [0, 0.1) is 35.0 Å². The number of hydrogen-bond acceptors (Lipinski definition) is 14. The first-order valence-electron chi connectivity index (χ1n) is 31.2. The smallest absolute Gasteiger partial charge is 1.00 e. The molecule has 2 atom stereocenters. The van der Waals surface area contributed by atoms with Crippen molar-refractivity contribution in [1.29, 1.82) is 5.26 Å². The number of nitrogens with zero attached hydrogens (tertiary/aromatic N) is 5. The van der Waals surface area contributed by atoms with E-state index in [9.17, 15) is 19.8 Å². The summed E-state index contributed by atoms with van der Waals surface area (Å²) in [7, 11) is -1.27. The molecule has 86 heavy (non-hydrogen) atoms. The number of halogens is 1. The van der Waals surface area contributed by atoms with Crippen LogP contribution >= 0.6 is 15.9 Å². The summed E-state index contributed by atoms with van der Waals surface area (Å²) >= 11 is 3.13. The zero-order chi connectivity index (χ0) is 60.1. The summed E-state index contributed by atoms with van der Waals surface area (Å²) in [5.41, 5.74) is 10.4. The molecule has 6 aliphatic rings. The Kier molecular flexibility index (Phi) is 45.8. The van der Waals surface area contributed by atoms with Gasteiger partial charge in [0.05, 0.1) is 47.1 Å². The second-order valence-electron chi connectivity index (χ2n) is 22.2. The maximum absolute atomic E-state index is 10.6. The van der Waals surface area contributed by atoms with Gasteiger partial charge >= 0.3 is 26.0 Å². The van der Waals surface area contributed by atoms with E-state index in [0.717, 1.165) is 55.5 Å². The molecule has 10 rings (SSSR count). The van der Waals surface area contributed by atoms with Gasteiger partial charge < -0.3 is 36.9 Å². The largest absolute Gasteiger partial charge is 1.00 e. The number of aliphatic hydroxyl groups excluding tert-OH is 2. The van der Waals surface area contributed by atoms with E-state index in [4.69, 9.17) is 30.5 Å². The summed E-state index contributed by atoms with van der Waals surface area (Å²) in [6, 6.07) is 24.0. The number of nitriles is 1. The molecular weight excluding hydrogens is 1150 g/mol. The SMILES string of the molecule is C1CCOC1.C1CCOC1.N#CCC(O)c1cccc(/C=C/C2CCCCC2)n1.NCCC(O)c1cccc(/C=C/C2CCCCC2)n1.O=Cc1cccc(/C=C/C2CCCCC2)n1.O=Cc1cccc(Br)n1.OB(O)/C=C/C1CCCCC1.[AlH3].[H-].[Li+]. The van der Waals surface area contributed by atoms with Gasteiger partial charge in [0, 0.05) is 26.4 Å². The third-order valence-electron chi connectivity index (χ3n) is 15.2. The molecule has 18 heteroatoms. The summed E-state index contributed by atoms with van der Waals surface area (Å²) in [5.74, 6) is 4.13. The van der Waals surface area contributed by atoms with E-state index in [1.807, 2.05) is 66.8 Å². The number of rotatable bonds is 15. The minimum Gasteiger partial charge on any atom is -1.00 e. The molecule has 4 aromatic rings. The molecule has 2 aliphatic heterocycles. The molecule has 6 heterocycles. The third-order valence-corrected chi connectivity index (χ3v) is 15.6. The van der Waals surface area contributed by atoms with Gasteiger partial charge in [-0.1, -0.05) is 132 Å². The van der Waals surface area contributed by atoms with E-state index in [1.54, 1.807) is 30.3 Å². The first-order valence-corrected chi connectivity index (χ1v) is 32.0. The quantitative estimate of drug-likeness (QED) is 0.0423. The topological polar surface area (TPSA) is 235 Å². The van der Waals surface area contributed by atoms with Crippen LogP contribution in [0.15, 0.2) is 108 Å². The van der Waals surface area contributed by atoms with Gasteiger partial charge in [0.25, 0.3) is 0 Å². The van der Waals surface area contributed by atoms with Crippen LogP contribution in [0.25, 0.3) is 18.2 Å². The zero-order valence-corrected chi connectivity index (χ0v) is 52.4. The average molecular weight is 1250 g/mol. The van der Waals surface area contributed by atoms with Gasteiger partial charge in [-0.15, -0.1) is 0 Å². The van der Waals surface area contributed by atoms with Gasteiger partial charge in [0.2, 0.25) is 0 Å². The van der Waals surface area contributed by atoms with Crippen molar-refractivity contribution in [3.63, 3.8) is 0 Å². The van der Waals surface area contributed by atoms with Gasteiger partial charge in [0.15, 0.2) is 29.9 Å². The number of carbonyl (C=O) groups excluding carboxylic acids is 2. The van der Waals surface area contributed by atoms with Crippen LogP contribution in [0.4, 0.5) is 0 Å². The fourth-order valence-corrected chi connectivity index (χ4v) is 10.8. The molecule has 0 spiro atoms. The van der Waals surface area contributed by atoms with Crippen molar-refractivity contribution in [3.8, 4) is 6.07 Å². The van der Waals surface area contributed by atoms with Gasteiger partial charge in [-0.3, -0.25) is 19.6 Å². The van der Waals surface area contributed by atoms with E-state index in [2.05, 4.69) is 60.2 Å². The standard InChI is InChI=1S/C16H24N2O.C16H20N2O.C14H17NO.C8H15BO2.C6H4BrNO.2C4H8O.Al.Li.4H/c2*17-12-11-16(19)15-8-4-7-14(18-15)10-9-13-5-2-1-3-6-13;16-11-14-8-4-7-13(15-14)10-9-12-5-2-1-3-6-12;10-9(11)7-6-8-4-2-1-3-5-8;7-6-3-1-2-5(4-9)8-6;2*1-2-4-5-3-1;;;;;;/h4,7-10,13,16,19H,1-3,5-6,11-12,17H2;4,7-10,13,16,19H,1-3,5-6,11H2;4,7-12H,1-3,5-6H2;6-8,10-11H,1-5H2;1-4H;2*1-4H2;;;;;;/q;;;;;;;;+1;;;;-1/b3*10-9+;7-6+;;;;;;;;;. The monoisotopic (exact) mass is 1250 g/mol. The molecule has 4 aromatic heterocycles. The zero-order valence-electron chi connectivity index (χ0n) is 51.8. The molecule has 4 aliphatic carbocycles. The number of nitrogens with two attached hydrogens (primary N) is 1. The van der Waals surface area contributed by atoms with Crippen LogP contribution in [-0.2, 0) is 9.47 Å². The normalized spacial score (nSPS) is 17.9. The molecule has 2 unspecified atom stereocenters. The van der Waals surface area contributed by atoms with Crippen molar-refractivity contribution >= 4 is 71.2 Å². The molecule has 4 saturated carbocycles. The fraction of sp³-hybridized carbons (Fsp3) is 0.544. The number of hydrogen-bond donors (Lipinski definition) is 5. The van der Waals surface area contributed by atoms with E-state index in [0.29, 0.717) is 64.6 Å². The predicted molar refractivity (Wildman–Crippen MR) is 353 cm³/mol. The molecule has 0 bridgehead atoms. The van der Waals surface area contributed by atoms with Gasteiger partial charge in [-0.2, -0.15) is 5.26 Å². The third kappa shape index (κ3) is 36.9. The Hall–Kier alpha value is -4.22. The molecule has 2 saturated heterocycles. The van der Waals surface area contributed by atoms with Gasteiger partial charge in [-0.05, 0) is 196 Å². The Bertz CT molecular complexity index is 2530.